The van der Waals surface area contributed by atoms with E-state index in [9.17, 15) is 0 Å². The van der Waals surface area contributed by atoms with Crippen LogP contribution in [0.4, 0.5) is 0 Å². The molecule has 0 spiro atoms. The number of hydrogen-bond acceptors (Lipinski definition) is 3. The first-order valence-corrected chi connectivity index (χ1v) is 2.76. The predicted octanol–water partition coefficient (Wildman–Crippen LogP) is -0.613. The predicted molar refractivity (Wildman–Crippen MR) is 36.9 cm³/mol. The molecule has 0 amide bonds. The molecule has 0 unspecified atom stereocenters. The van der Waals surface area contributed by atoms with Crippen LogP contribution >= 0.6 is 12.4 Å². The van der Waals surface area contributed by atoms with Crippen molar-refractivity contribution in [3.05, 3.63) is 0 Å². The van der Waals surface area contributed by atoms with E-state index < -0.39 is 0 Å². The molecule has 1 aliphatic heterocycles. The Labute approximate surface area is 60.8 Å². The van der Waals surface area contributed by atoms with E-state index in [2.05, 4.69) is 5.32 Å². The van der Waals surface area contributed by atoms with Crippen LogP contribution in [0.2, 0.25) is 0 Å². The van der Waals surface area contributed by atoms with E-state index in [-0.39, 0.29) is 24.6 Å². The van der Waals surface area contributed by atoms with Gasteiger partial charge in [0.05, 0.1) is 12.2 Å². The monoisotopic (exact) mass is 153 g/mol. The van der Waals surface area contributed by atoms with Crippen molar-refractivity contribution < 1.29 is 9.84 Å². The first kappa shape index (κ1) is 9.17. The van der Waals surface area contributed by atoms with Crippen molar-refractivity contribution in [3.8, 4) is 0 Å². The Morgan fingerprint density at radius 3 is 2.44 bits per heavy atom. The van der Waals surface area contributed by atoms with Crippen LogP contribution in [0.15, 0.2) is 0 Å². The Morgan fingerprint density at radius 1 is 1.56 bits per heavy atom. The van der Waals surface area contributed by atoms with Gasteiger partial charge in [-0.2, -0.15) is 0 Å². The normalized spacial score (nSPS) is 34.0. The van der Waals surface area contributed by atoms with Gasteiger partial charge < -0.3 is 15.2 Å². The molecule has 0 aromatic carbocycles. The zero-order valence-electron chi connectivity index (χ0n) is 5.33. The van der Waals surface area contributed by atoms with Crippen molar-refractivity contribution in [1.29, 1.82) is 0 Å². The summed E-state index contributed by atoms with van der Waals surface area (Å²) in [6, 6.07) is 0. The average Bonchev–Trinajstić information content (AvgIpc) is 2.14. The van der Waals surface area contributed by atoms with Crippen molar-refractivity contribution in [2.75, 3.05) is 20.2 Å². The number of hydrogen-bond donors (Lipinski definition) is 2. The molecule has 0 bridgehead atoms. The molecule has 4 heteroatoms. The van der Waals surface area contributed by atoms with Gasteiger partial charge in [-0.15, -0.1) is 12.4 Å². The van der Waals surface area contributed by atoms with E-state index in [1.807, 2.05) is 0 Å². The maximum atomic E-state index is 9.00. The standard InChI is InChI=1S/C5H11NO2.ClH/c1-8-5-3-6-2-4(5)7;/h4-7H,2-3H2,1H3;1H/t4-,5-;/m0./s1. The second-order valence-electron chi connectivity index (χ2n) is 2.00. The van der Waals surface area contributed by atoms with E-state index in [1.54, 1.807) is 7.11 Å². The lowest BCUT2D eigenvalue weighted by Gasteiger charge is -2.08. The summed E-state index contributed by atoms with van der Waals surface area (Å²) in [5, 5.41) is 12.0. The third-order valence-electron chi connectivity index (χ3n) is 1.43. The summed E-state index contributed by atoms with van der Waals surface area (Å²) in [5.41, 5.74) is 0. The second-order valence-corrected chi connectivity index (χ2v) is 2.00. The van der Waals surface area contributed by atoms with Crippen molar-refractivity contribution in [3.63, 3.8) is 0 Å². The minimum Gasteiger partial charge on any atom is -0.389 e. The number of methoxy groups -OCH3 is 1. The van der Waals surface area contributed by atoms with E-state index >= 15 is 0 Å². The largest absolute Gasteiger partial charge is 0.389 e. The molecule has 56 valence electrons. The summed E-state index contributed by atoms with van der Waals surface area (Å²) in [6.45, 7) is 1.44. The smallest absolute Gasteiger partial charge is 0.0966 e. The van der Waals surface area contributed by atoms with Crippen LogP contribution in [0.25, 0.3) is 0 Å². The third kappa shape index (κ3) is 2.10. The SMILES string of the molecule is CO[C@H]1CNC[C@@H]1O.Cl. The molecule has 3 nitrogen and oxygen atoms in total. The van der Waals surface area contributed by atoms with Crippen LogP contribution in [0.5, 0.6) is 0 Å². The van der Waals surface area contributed by atoms with Crippen LogP contribution in [0.1, 0.15) is 0 Å². The van der Waals surface area contributed by atoms with Crippen LogP contribution in [0, 0.1) is 0 Å². The van der Waals surface area contributed by atoms with E-state index in [4.69, 9.17) is 9.84 Å². The molecule has 2 atom stereocenters. The summed E-state index contributed by atoms with van der Waals surface area (Å²) in [4.78, 5) is 0. The van der Waals surface area contributed by atoms with Gasteiger partial charge in [0.25, 0.3) is 0 Å². The quantitative estimate of drug-likeness (QED) is 0.528. The molecule has 1 fully saturated rings. The molecule has 1 heterocycles. The lowest BCUT2D eigenvalue weighted by atomic mass is 10.3. The number of β-amino-alcohol motifs (C(OH)–C–C–N with tert-alkyl or cyclic N) is 1. The van der Waals surface area contributed by atoms with Gasteiger partial charge >= 0.3 is 0 Å². The summed E-state index contributed by atoms with van der Waals surface area (Å²) < 4.78 is 4.91. The molecule has 0 aromatic rings. The Hall–Kier alpha value is 0.170. The molecule has 0 saturated carbocycles. The van der Waals surface area contributed by atoms with Crippen LogP contribution in [-0.2, 0) is 4.74 Å². The number of aliphatic hydroxyl groups excluding tert-OH is 1. The maximum absolute atomic E-state index is 9.00. The molecule has 9 heavy (non-hydrogen) atoms. The van der Waals surface area contributed by atoms with Crippen molar-refractivity contribution in [1.82, 2.24) is 5.32 Å². The fraction of sp³-hybridized carbons (Fsp3) is 1.00. The Morgan fingerprint density at radius 2 is 2.22 bits per heavy atom. The van der Waals surface area contributed by atoms with Crippen molar-refractivity contribution in [2.24, 2.45) is 0 Å². The summed E-state index contributed by atoms with van der Waals surface area (Å²) in [7, 11) is 1.61. The number of rotatable bonds is 1. The lowest BCUT2D eigenvalue weighted by Crippen LogP contribution is -2.25. The number of aliphatic hydroxyl groups is 1. The summed E-state index contributed by atoms with van der Waals surface area (Å²) >= 11 is 0. The van der Waals surface area contributed by atoms with Gasteiger partial charge in [-0.05, 0) is 0 Å². The number of nitrogens with one attached hydrogen (secondary N) is 1. The third-order valence-corrected chi connectivity index (χ3v) is 1.43. The van der Waals surface area contributed by atoms with Crippen molar-refractivity contribution in [2.45, 2.75) is 12.2 Å². The van der Waals surface area contributed by atoms with Gasteiger partial charge in [0, 0.05) is 20.2 Å². The highest BCUT2D eigenvalue weighted by molar-refractivity contribution is 5.85. The number of halogens is 1. The van der Waals surface area contributed by atoms with Crippen molar-refractivity contribution >= 4 is 12.4 Å². The minimum atomic E-state index is -0.306. The molecule has 1 rings (SSSR count). The first-order chi connectivity index (χ1) is 3.84. The number of ether oxygens (including phenoxy) is 1. The molecular formula is C5H12ClNO2. The first-order valence-electron chi connectivity index (χ1n) is 2.76. The fourth-order valence-electron chi connectivity index (χ4n) is 0.881. The molecule has 1 saturated heterocycles. The molecule has 0 radical (unpaired) electrons. The Kier molecular flexibility index (Phi) is 4.14. The zero-order chi connectivity index (χ0) is 5.98. The topological polar surface area (TPSA) is 41.5 Å². The van der Waals surface area contributed by atoms with Crippen LogP contribution < -0.4 is 5.32 Å². The molecule has 1 aliphatic rings. The minimum absolute atomic E-state index is 0. The van der Waals surface area contributed by atoms with Gasteiger partial charge in [0.2, 0.25) is 0 Å². The maximum Gasteiger partial charge on any atom is 0.0966 e. The summed E-state index contributed by atoms with van der Waals surface area (Å²) in [6.07, 6.45) is -0.296. The molecule has 2 N–H and O–H groups in total. The zero-order valence-corrected chi connectivity index (χ0v) is 6.15. The highest BCUT2D eigenvalue weighted by Gasteiger charge is 2.23. The molecule has 0 aromatic heterocycles. The van der Waals surface area contributed by atoms with E-state index in [0.717, 1.165) is 6.54 Å². The van der Waals surface area contributed by atoms with Gasteiger partial charge in [-0.25, -0.2) is 0 Å². The van der Waals surface area contributed by atoms with Gasteiger partial charge in [0.15, 0.2) is 0 Å². The molecular weight excluding hydrogens is 142 g/mol. The second kappa shape index (κ2) is 4.06. The Bertz CT molecular complexity index is 81.4. The van der Waals surface area contributed by atoms with Crippen LogP contribution in [0.3, 0.4) is 0 Å². The highest BCUT2D eigenvalue weighted by Crippen LogP contribution is 2.01. The average molecular weight is 154 g/mol. The van der Waals surface area contributed by atoms with E-state index in [0.29, 0.717) is 6.54 Å². The van der Waals surface area contributed by atoms with Gasteiger partial charge in [-0.3, -0.25) is 0 Å². The summed E-state index contributed by atoms with van der Waals surface area (Å²) in [5.74, 6) is 0. The highest BCUT2D eigenvalue weighted by atomic mass is 35.5. The van der Waals surface area contributed by atoms with E-state index in [1.165, 1.54) is 0 Å². The van der Waals surface area contributed by atoms with Gasteiger partial charge in [0.1, 0.15) is 0 Å². The molecule has 0 aliphatic carbocycles. The van der Waals surface area contributed by atoms with Crippen LogP contribution in [-0.4, -0.2) is 37.5 Å². The Balaban J connectivity index is 0.000000640. The van der Waals surface area contributed by atoms with Gasteiger partial charge in [-0.1, -0.05) is 0 Å². The fourth-order valence-corrected chi connectivity index (χ4v) is 0.881. The lowest BCUT2D eigenvalue weighted by molar-refractivity contribution is 0.0217.